The molecular weight excluding hydrogens is 501 g/mol. The predicted octanol–water partition coefficient (Wildman–Crippen LogP) is 2.90. The van der Waals surface area contributed by atoms with E-state index in [4.69, 9.17) is 11.6 Å². The van der Waals surface area contributed by atoms with Gasteiger partial charge in [0.2, 0.25) is 0 Å². The van der Waals surface area contributed by atoms with Gasteiger partial charge in [-0.3, -0.25) is 0 Å². The number of nitrogens with one attached hydrogen (secondary N) is 3. The van der Waals surface area contributed by atoms with Crippen LogP contribution >= 0.6 is 11.6 Å². The summed E-state index contributed by atoms with van der Waals surface area (Å²) in [5.41, 5.74) is 3.21. The predicted molar refractivity (Wildman–Crippen MR) is 133 cm³/mol. The number of aromatic nitrogens is 2. The molecule has 9 heteroatoms. The first kappa shape index (κ1) is 23.3. The Morgan fingerprint density at radius 3 is 2.79 bits per heavy atom. The molecule has 0 saturated carbocycles. The molecule has 169 valence electrons. The number of rotatable bonds is 5. The summed E-state index contributed by atoms with van der Waals surface area (Å²) in [5, 5.41) is 9.40. The van der Waals surface area contributed by atoms with Crippen LogP contribution in [0.15, 0.2) is 48.7 Å². The van der Waals surface area contributed by atoms with Gasteiger partial charge in [-0.15, -0.1) is 0 Å². The second kappa shape index (κ2) is 9.54. The van der Waals surface area contributed by atoms with Crippen molar-refractivity contribution < 1.29 is 9.59 Å². The van der Waals surface area contributed by atoms with E-state index in [1.54, 1.807) is 19.3 Å². The molecule has 0 spiro atoms. The summed E-state index contributed by atoms with van der Waals surface area (Å²) in [6, 6.07) is 13.3. The monoisotopic (exact) mass is 524 g/mol. The minimum atomic E-state index is -0.634. The zero-order chi connectivity index (χ0) is 23.6. The SMILES string of the molecule is CNC(=O)c1ccccc1[As]c1nc(Nc2ccc3c(c2)C(C)(C)CCC(=O)N3)ncc1Cl. The number of nitrogens with zero attached hydrogens (tertiary/aromatic N) is 2. The summed E-state index contributed by atoms with van der Waals surface area (Å²) in [6.07, 6.45) is 2.85. The van der Waals surface area contributed by atoms with Gasteiger partial charge in [-0.05, 0) is 0 Å². The molecule has 3 N–H and O–H groups in total. The Balaban J connectivity index is 1.62. The Morgan fingerprint density at radius 2 is 2.00 bits per heavy atom. The van der Waals surface area contributed by atoms with Crippen molar-refractivity contribution in [1.29, 1.82) is 0 Å². The van der Waals surface area contributed by atoms with Crippen LogP contribution in [0.3, 0.4) is 0 Å². The Bertz CT molecular complexity index is 1230. The van der Waals surface area contributed by atoms with Crippen molar-refractivity contribution in [3.05, 3.63) is 64.8 Å². The van der Waals surface area contributed by atoms with E-state index < -0.39 is 15.8 Å². The Labute approximate surface area is 204 Å². The van der Waals surface area contributed by atoms with Crippen molar-refractivity contribution in [1.82, 2.24) is 15.3 Å². The van der Waals surface area contributed by atoms with Gasteiger partial charge < -0.3 is 0 Å². The first-order chi connectivity index (χ1) is 15.8. The third-order valence-corrected chi connectivity index (χ3v) is 8.63. The van der Waals surface area contributed by atoms with E-state index in [2.05, 4.69) is 39.8 Å². The van der Waals surface area contributed by atoms with Crippen LogP contribution in [-0.2, 0) is 10.2 Å². The number of hydrogen-bond donors (Lipinski definition) is 3. The van der Waals surface area contributed by atoms with Crippen LogP contribution < -0.4 is 24.8 Å². The molecule has 2 amide bonds. The van der Waals surface area contributed by atoms with E-state index in [9.17, 15) is 9.59 Å². The van der Waals surface area contributed by atoms with Crippen LogP contribution in [0.2, 0.25) is 5.02 Å². The zero-order valence-electron chi connectivity index (χ0n) is 18.6. The summed E-state index contributed by atoms with van der Waals surface area (Å²) in [6.45, 7) is 4.28. The Kier molecular flexibility index (Phi) is 6.73. The van der Waals surface area contributed by atoms with Gasteiger partial charge in [-0.2, -0.15) is 0 Å². The number of benzene rings is 2. The van der Waals surface area contributed by atoms with E-state index in [1.165, 1.54) is 0 Å². The first-order valence-electron chi connectivity index (χ1n) is 10.5. The maximum absolute atomic E-state index is 12.2. The summed E-state index contributed by atoms with van der Waals surface area (Å²) in [4.78, 5) is 33.3. The van der Waals surface area contributed by atoms with Crippen molar-refractivity contribution in [3.8, 4) is 0 Å². The molecule has 33 heavy (non-hydrogen) atoms. The van der Waals surface area contributed by atoms with Crippen molar-refractivity contribution in [2.24, 2.45) is 0 Å². The number of halogens is 1. The Hall–Kier alpha value is -2.89. The van der Waals surface area contributed by atoms with Gasteiger partial charge in [-0.25, -0.2) is 0 Å². The molecule has 1 aliphatic rings. The molecule has 0 bridgehead atoms. The van der Waals surface area contributed by atoms with Crippen LogP contribution in [0.25, 0.3) is 0 Å². The molecule has 1 aliphatic heterocycles. The van der Waals surface area contributed by atoms with Crippen molar-refractivity contribution in [2.45, 2.75) is 32.1 Å². The van der Waals surface area contributed by atoms with Crippen molar-refractivity contribution in [3.63, 3.8) is 0 Å². The fourth-order valence-corrected chi connectivity index (χ4v) is 6.10. The van der Waals surface area contributed by atoms with Gasteiger partial charge in [0.1, 0.15) is 0 Å². The van der Waals surface area contributed by atoms with Crippen LogP contribution in [0, 0.1) is 0 Å². The van der Waals surface area contributed by atoms with E-state index in [0.717, 1.165) is 27.7 Å². The molecule has 4 rings (SSSR count). The molecule has 0 atom stereocenters. The molecule has 2 aromatic carbocycles. The second-order valence-corrected chi connectivity index (χ2v) is 11.2. The third kappa shape index (κ3) is 5.20. The molecule has 7 nitrogen and oxygen atoms in total. The topological polar surface area (TPSA) is 96.0 Å². The number of anilines is 3. The maximum atomic E-state index is 12.2. The van der Waals surface area contributed by atoms with Crippen LogP contribution in [0.1, 0.15) is 42.6 Å². The number of hydrogen-bond acceptors (Lipinski definition) is 5. The average Bonchev–Trinajstić information content (AvgIpc) is 2.91. The van der Waals surface area contributed by atoms with Crippen molar-refractivity contribution >= 4 is 65.3 Å². The molecule has 1 aromatic heterocycles. The van der Waals surface area contributed by atoms with Gasteiger partial charge in [0.15, 0.2) is 0 Å². The number of amides is 2. The van der Waals surface area contributed by atoms with Crippen LogP contribution in [-0.4, -0.2) is 44.6 Å². The van der Waals surface area contributed by atoms with Crippen molar-refractivity contribution in [2.75, 3.05) is 17.7 Å². The molecule has 1 radical (unpaired) electrons. The summed E-state index contributed by atoms with van der Waals surface area (Å²) >= 11 is 5.77. The van der Waals surface area contributed by atoms with Gasteiger partial charge in [0.25, 0.3) is 0 Å². The fourth-order valence-electron chi connectivity index (χ4n) is 3.70. The minimum absolute atomic E-state index is 0.0357. The summed E-state index contributed by atoms with van der Waals surface area (Å²) in [7, 11) is 1.61. The summed E-state index contributed by atoms with van der Waals surface area (Å²) in [5.74, 6) is 0.329. The van der Waals surface area contributed by atoms with Crippen LogP contribution in [0.5, 0.6) is 0 Å². The number of carbonyl (C=O) groups is 2. The normalized spacial score (nSPS) is 15.0. The Morgan fingerprint density at radius 1 is 1.21 bits per heavy atom. The first-order valence-corrected chi connectivity index (χ1v) is 12.8. The second-order valence-electron chi connectivity index (χ2n) is 8.39. The molecule has 0 unspecified atom stereocenters. The quantitative estimate of drug-likeness (QED) is 0.446. The van der Waals surface area contributed by atoms with Gasteiger partial charge >= 0.3 is 205 Å². The van der Waals surface area contributed by atoms with E-state index in [1.807, 2.05) is 36.4 Å². The molecule has 2 heterocycles. The third-order valence-electron chi connectivity index (χ3n) is 5.58. The summed E-state index contributed by atoms with van der Waals surface area (Å²) < 4.78 is 1.63. The van der Waals surface area contributed by atoms with E-state index >= 15 is 0 Å². The van der Waals surface area contributed by atoms with Gasteiger partial charge in [0, 0.05) is 0 Å². The average molecular weight is 525 g/mol. The molecule has 0 saturated heterocycles. The fraction of sp³-hybridized carbons (Fsp3) is 0.250. The number of fused-ring (bicyclic) bond motifs is 1. The molecular formula is C24H24AsClN5O2. The molecule has 0 fully saturated rings. The van der Waals surface area contributed by atoms with E-state index in [0.29, 0.717) is 27.4 Å². The standard InChI is InChI=1S/C24H24AsClN5O2/c1-24(2)11-10-20(32)30-19-9-8-14(12-16(19)24)29-23-28-13-18(26)21(31-23)25-17-7-5-4-6-15(17)22(33)27-3/h4-9,12-13H,10-11H2,1-3H3,(H,27,33)(H,30,32)(H,28,29,31). The molecule has 3 aromatic rings. The van der Waals surface area contributed by atoms with Gasteiger partial charge in [0.05, 0.1) is 0 Å². The zero-order valence-corrected chi connectivity index (χ0v) is 21.2. The number of carbonyl (C=O) groups excluding carboxylic acids is 2. The van der Waals surface area contributed by atoms with E-state index in [-0.39, 0.29) is 17.2 Å². The van der Waals surface area contributed by atoms with Gasteiger partial charge in [-0.1, -0.05) is 0 Å². The van der Waals surface area contributed by atoms with Crippen LogP contribution in [0.4, 0.5) is 17.3 Å². The molecule has 0 aliphatic carbocycles.